The lowest BCUT2D eigenvalue weighted by molar-refractivity contribution is -0.145. The Morgan fingerprint density at radius 1 is 0.833 bits per heavy atom. The molecule has 54 heavy (non-hydrogen) atoms. The van der Waals surface area contributed by atoms with Crippen molar-refractivity contribution in [3.63, 3.8) is 0 Å². The topological polar surface area (TPSA) is 132 Å². The summed E-state index contributed by atoms with van der Waals surface area (Å²) < 4.78 is 36.5. The van der Waals surface area contributed by atoms with Gasteiger partial charge in [0.05, 0.1) is 17.5 Å². The number of nitrogen functional groups attached to an aromatic ring is 1. The van der Waals surface area contributed by atoms with Crippen LogP contribution in [0, 0.1) is 29.4 Å². The molecule has 276 valence electrons. The van der Waals surface area contributed by atoms with E-state index in [-0.39, 0.29) is 45.7 Å². The Hall–Kier alpha value is -5.75. The number of benzene rings is 2. The predicted octanol–water partition coefficient (Wildman–Crippen LogP) is 6.59. The molecule has 0 radical (unpaired) electrons. The molecule has 3 N–H and O–H groups in total. The maximum absolute atomic E-state index is 15.7. The highest BCUT2D eigenvalue weighted by molar-refractivity contribution is 6.04. The molecule has 12 heteroatoms. The van der Waals surface area contributed by atoms with Gasteiger partial charge in [0.25, 0.3) is 5.91 Å². The Morgan fingerprint density at radius 3 is 2.31 bits per heavy atom. The van der Waals surface area contributed by atoms with E-state index in [1.807, 2.05) is 17.0 Å². The minimum absolute atomic E-state index is 0.0875. The number of carbonyl (C=O) groups excluding carboxylic acids is 2. The first-order valence-electron chi connectivity index (χ1n) is 18.4. The first-order valence-corrected chi connectivity index (χ1v) is 18.4. The maximum Gasteiger partial charge on any atom is 0.261 e. The van der Waals surface area contributed by atoms with Gasteiger partial charge in [-0.25, -0.2) is 13.8 Å². The number of anilines is 2. The molecule has 3 fully saturated rings. The first kappa shape index (κ1) is 35.3. The fraction of sp³-hybridized carbons (Fsp3) is 0.310. The van der Waals surface area contributed by atoms with Gasteiger partial charge in [0.15, 0.2) is 0 Å². The summed E-state index contributed by atoms with van der Waals surface area (Å²) in [5.41, 5.74) is 9.56. The number of nitrogens with zero attached hydrogens (tertiary/aromatic N) is 4. The molecule has 3 aromatic heterocycles. The molecular weight excluding hydrogens is 690 g/mol. The molecule has 2 aromatic carbocycles. The summed E-state index contributed by atoms with van der Waals surface area (Å²) in [5, 5.41) is 2.66. The lowest BCUT2D eigenvalue weighted by Crippen LogP contribution is -2.53. The van der Waals surface area contributed by atoms with Crippen molar-refractivity contribution >= 4 is 23.3 Å². The van der Waals surface area contributed by atoms with Crippen molar-refractivity contribution in [3.8, 4) is 33.5 Å². The Morgan fingerprint density at radius 2 is 1.61 bits per heavy atom. The molecule has 0 unspecified atom stereocenters. The van der Waals surface area contributed by atoms with Crippen LogP contribution in [0.2, 0.25) is 0 Å². The van der Waals surface area contributed by atoms with Crippen LogP contribution in [0.4, 0.5) is 20.3 Å². The standard InChI is InChI=1S/C42H40F2N6O4/c43-31-7-10-38(46-19-31)35-23-49(20-26-1-2-26)24-36(39(35)51)41(52)48-32-8-9-33(37(44)17-32)34-16-30(18-47-40(34)45)28-5-3-25(4-6-28)15-27-21-50(22-27)42(53)29-11-13-54-14-12-29/h3-10,16-19,23-24,26-27,29H,1-2,11-15,20-22H2,(H2,45,47)(H,48,52). The van der Waals surface area contributed by atoms with Crippen molar-refractivity contribution < 1.29 is 23.1 Å². The van der Waals surface area contributed by atoms with Crippen LogP contribution in [-0.4, -0.2) is 57.6 Å². The van der Waals surface area contributed by atoms with Gasteiger partial charge in [-0.15, -0.1) is 0 Å². The van der Waals surface area contributed by atoms with Gasteiger partial charge in [-0.3, -0.25) is 19.4 Å². The predicted molar refractivity (Wildman–Crippen MR) is 201 cm³/mol. The van der Waals surface area contributed by atoms with E-state index in [9.17, 15) is 18.8 Å². The molecule has 0 atom stereocenters. The highest BCUT2D eigenvalue weighted by Crippen LogP contribution is 2.34. The Bertz CT molecular complexity index is 2260. The van der Waals surface area contributed by atoms with E-state index >= 15 is 4.39 Å². The number of aromatic nitrogens is 3. The smallest absolute Gasteiger partial charge is 0.261 e. The van der Waals surface area contributed by atoms with E-state index in [2.05, 4.69) is 27.4 Å². The molecule has 1 aliphatic carbocycles. The molecule has 2 aliphatic heterocycles. The van der Waals surface area contributed by atoms with Crippen molar-refractivity contribution in [2.75, 3.05) is 37.4 Å². The van der Waals surface area contributed by atoms with Crippen molar-refractivity contribution in [2.24, 2.45) is 17.8 Å². The van der Waals surface area contributed by atoms with Crippen LogP contribution >= 0.6 is 0 Å². The second-order valence-corrected chi connectivity index (χ2v) is 14.6. The summed E-state index contributed by atoms with van der Waals surface area (Å²) in [5.74, 6) is -0.505. The van der Waals surface area contributed by atoms with Gasteiger partial charge >= 0.3 is 0 Å². The van der Waals surface area contributed by atoms with E-state index in [1.165, 1.54) is 36.0 Å². The number of nitrogens with one attached hydrogen (secondary N) is 1. The normalized spacial score (nSPS) is 16.2. The number of amides is 2. The van der Waals surface area contributed by atoms with Gasteiger partial charge < -0.3 is 25.3 Å². The summed E-state index contributed by atoms with van der Waals surface area (Å²) in [6.45, 7) is 3.50. The van der Waals surface area contributed by atoms with Crippen LogP contribution in [0.1, 0.15) is 41.6 Å². The molecule has 5 heterocycles. The minimum atomic E-state index is -0.703. The molecule has 2 saturated heterocycles. The van der Waals surface area contributed by atoms with Crippen LogP contribution in [0.5, 0.6) is 0 Å². The molecule has 1 saturated carbocycles. The molecule has 10 nitrogen and oxygen atoms in total. The summed E-state index contributed by atoms with van der Waals surface area (Å²) in [6.07, 6.45) is 10.4. The number of pyridine rings is 3. The molecule has 0 spiro atoms. The van der Waals surface area contributed by atoms with Crippen molar-refractivity contribution in [1.29, 1.82) is 0 Å². The van der Waals surface area contributed by atoms with E-state index in [0.717, 1.165) is 62.5 Å². The number of hydrogen-bond donors (Lipinski definition) is 2. The second-order valence-electron chi connectivity index (χ2n) is 14.6. The average molecular weight is 731 g/mol. The molecule has 3 aliphatic rings. The Kier molecular flexibility index (Phi) is 9.76. The van der Waals surface area contributed by atoms with Gasteiger partial charge in [-0.1, -0.05) is 24.3 Å². The zero-order valence-electron chi connectivity index (χ0n) is 29.6. The first-order chi connectivity index (χ1) is 26.2. The highest BCUT2D eigenvalue weighted by Gasteiger charge is 2.35. The SMILES string of the molecule is Nc1ncc(-c2ccc(CC3CN(C(=O)C4CCOCC4)C3)cc2)cc1-c1ccc(NC(=O)c2cn(CC3CC3)cc(-c3ccc(F)cn3)c2=O)cc1F. The number of ether oxygens (including phenoxy) is 1. The fourth-order valence-corrected chi connectivity index (χ4v) is 7.32. The lowest BCUT2D eigenvalue weighted by Gasteiger charge is -2.41. The van der Waals surface area contributed by atoms with Gasteiger partial charge in [-0.05, 0) is 91.5 Å². The molecule has 5 aromatic rings. The third-order valence-electron chi connectivity index (χ3n) is 10.6. The molecule has 8 rings (SSSR count). The zero-order valence-corrected chi connectivity index (χ0v) is 29.6. The van der Waals surface area contributed by atoms with Crippen LogP contribution in [-0.2, 0) is 22.5 Å². The molecule has 0 bridgehead atoms. The van der Waals surface area contributed by atoms with Gasteiger partial charge in [0.1, 0.15) is 23.0 Å². The minimum Gasteiger partial charge on any atom is -0.383 e. The maximum atomic E-state index is 15.7. The monoisotopic (exact) mass is 730 g/mol. The largest absolute Gasteiger partial charge is 0.383 e. The van der Waals surface area contributed by atoms with Gasteiger partial charge in [-0.2, -0.15) is 0 Å². The number of nitrogens with two attached hydrogens (primary N) is 1. The lowest BCUT2D eigenvalue weighted by atomic mass is 9.89. The summed E-state index contributed by atoms with van der Waals surface area (Å²) in [6, 6.07) is 16.8. The van der Waals surface area contributed by atoms with Crippen molar-refractivity contribution in [3.05, 3.63) is 118 Å². The van der Waals surface area contributed by atoms with Crippen LogP contribution < -0.4 is 16.5 Å². The number of carbonyl (C=O) groups is 2. The summed E-state index contributed by atoms with van der Waals surface area (Å²) in [7, 11) is 0. The van der Waals surface area contributed by atoms with E-state index in [4.69, 9.17) is 10.5 Å². The molecular formula is C42H40F2N6O4. The summed E-state index contributed by atoms with van der Waals surface area (Å²) in [4.78, 5) is 50.1. The van der Waals surface area contributed by atoms with Gasteiger partial charge in [0, 0.05) is 79.7 Å². The van der Waals surface area contributed by atoms with Crippen molar-refractivity contribution in [2.45, 2.75) is 38.6 Å². The van der Waals surface area contributed by atoms with Crippen molar-refractivity contribution in [1.82, 2.24) is 19.4 Å². The van der Waals surface area contributed by atoms with Gasteiger partial charge in [0.2, 0.25) is 11.3 Å². The third-order valence-corrected chi connectivity index (χ3v) is 10.6. The quantitative estimate of drug-likeness (QED) is 0.166. The van der Waals surface area contributed by atoms with E-state index < -0.39 is 23.0 Å². The third kappa shape index (κ3) is 7.65. The van der Waals surface area contributed by atoms with E-state index in [0.29, 0.717) is 37.2 Å². The number of likely N-dealkylation sites (tertiary alicyclic amines) is 1. The van der Waals surface area contributed by atoms with Crippen LogP contribution in [0.25, 0.3) is 33.5 Å². The number of rotatable bonds is 10. The molecule has 2 amide bonds. The Balaban J connectivity index is 0.950. The van der Waals surface area contributed by atoms with E-state index in [1.54, 1.807) is 29.1 Å². The fourth-order valence-electron chi connectivity index (χ4n) is 7.32. The summed E-state index contributed by atoms with van der Waals surface area (Å²) >= 11 is 0. The van der Waals surface area contributed by atoms with Crippen LogP contribution in [0.3, 0.4) is 0 Å². The number of hydrogen-bond acceptors (Lipinski definition) is 7. The average Bonchev–Trinajstić information content (AvgIpc) is 3.99. The highest BCUT2D eigenvalue weighted by atomic mass is 19.1. The Labute approximate surface area is 311 Å². The second kappa shape index (κ2) is 14.9. The van der Waals surface area contributed by atoms with Crippen LogP contribution in [0.15, 0.2) is 90.2 Å². The number of halogens is 2. The zero-order chi connectivity index (χ0) is 37.3.